The molecule has 0 aromatic carbocycles. The molecule has 2 rings (SSSR count). The number of aromatic nitrogens is 2. The molecule has 1 N–H and O–H groups in total. The van der Waals surface area contributed by atoms with Crippen molar-refractivity contribution in [3.63, 3.8) is 0 Å². The zero-order chi connectivity index (χ0) is 11.5. The van der Waals surface area contributed by atoms with Gasteiger partial charge in [0.25, 0.3) is 0 Å². The van der Waals surface area contributed by atoms with Crippen LogP contribution in [0.2, 0.25) is 0 Å². The van der Waals surface area contributed by atoms with Crippen LogP contribution in [0.5, 0.6) is 0 Å². The van der Waals surface area contributed by atoms with Crippen LogP contribution in [0.3, 0.4) is 0 Å². The summed E-state index contributed by atoms with van der Waals surface area (Å²) in [7, 11) is 1.67. The molecule has 0 radical (unpaired) electrons. The largest absolute Gasteiger partial charge is 0.373 e. The molecule has 0 bridgehead atoms. The topological polar surface area (TPSA) is 60.2 Å². The van der Waals surface area contributed by atoms with E-state index in [0.29, 0.717) is 17.7 Å². The Labute approximate surface area is 95.6 Å². The minimum Gasteiger partial charge on any atom is -0.373 e. The molecule has 1 fully saturated rings. The zero-order valence-corrected chi connectivity index (χ0v) is 10.1. The van der Waals surface area contributed by atoms with E-state index in [-0.39, 0.29) is 6.10 Å². The van der Waals surface area contributed by atoms with Crippen molar-refractivity contribution in [3.8, 4) is 0 Å². The molecule has 1 aromatic rings. The van der Waals surface area contributed by atoms with Crippen LogP contribution in [0.1, 0.15) is 44.0 Å². The first-order valence-electron chi connectivity index (χ1n) is 5.83. The second kappa shape index (κ2) is 4.93. The molecule has 5 nitrogen and oxygen atoms in total. The number of hydrogen-bond donors (Lipinski definition) is 1. The summed E-state index contributed by atoms with van der Waals surface area (Å²) in [4.78, 5) is 4.44. The molecule has 0 amide bonds. The SMILES string of the molecule is CCC(OC)c1noc([C@@H]2CNC[C@H]2C)n1. The molecule has 1 saturated heterocycles. The van der Waals surface area contributed by atoms with E-state index in [0.717, 1.165) is 25.4 Å². The van der Waals surface area contributed by atoms with Gasteiger partial charge in [-0.15, -0.1) is 0 Å². The molecule has 90 valence electrons. The highest BCUT2D eigenvalue weighted by Crippen LogP contribution is 2.27. The molecule has 0 aliphatic carbocycles. The first-order chi connectivity index (χ1) is 7.76. The summed E-state index contributed by atoms with van der Waals surface area (Å²) >= 11 is 0. The summed E-state index contributed by atoms with van der Waals surface area (Å²) in [6, 6.07) is 0. The molecular formula is C11H19N3O2. The number of nitrogens with one attached hydrogen (secondary N) is 1. The third-order valence-corrected chi connectivity index (χ3v) is 3.24. The summed E-state index contributed by atoms with van der Waals surface area (Å²) in [5.74, 6) is 2.30. The van der Waals surface area contributed by atoms with Crippen molar-refractivity contribution in [3.05, 3.63) is 11.7 Å². The van der Waals surface area contributed by atoms with Gasteiger partial charge in [-0.25, -0.2) is 0 Å². The highest BCUT2D eigenvalue weighted by Gasteiger charge is 2.30. The Balaban J connectivity index is 2.12. The Hall–Kier alpha value is -0.940. The van der Waals surface area contributed by atoms with Crippen molar-refractivity contribution in [2.45, 2.75) is 32.3 Å². The van der Waals surface area contributed by atoms with E-state index in [1.54, 1.807) is 7.11 Å². The fourth-order valence-electron chi connectivity index (χ4n) is 2.12. The van der Waals surface area contributed by atoms with Gasteiger partial charge >= 0.3 is 0 Å². The Kier molecular flexibility index (Phi) is 3.56. The van der Waals surface area contributed by atoms with Gasteiger partial charge in [0, 0.05) is 13.7 Å². The third-order valence-electron chi connectivity index (χ3n) is 3.24. The van der Waals surface area contributed by atoms with Gasteiger partial charge in [0.2, 0.25) is 11.7 Å². The van der Waals surface area contributed by atoms with E-state index >= 15 is 0 Å². The minimum atomic E-state index is -0.0535. The maximum atomic E-state index is 5.32. The van der Waals surface area contributed by atoms with Crippen molar-refractivity contribution < 1.29 is 9.26 Å². The van der Waals surface area contributed by atoms with E-state index in [1.165, 1.54) is 0 Å². The third kappa shape index (κ3) is 2.10. The lowest BCUT2D eigenvalue weighted by Crippen LogP contribution is -2.09. The second-order valence-corrected chi connectivity index (χ2v) is 4.37. The molecule has 0 spiro atoms. The maximum absolute atomic E-state index is 5.32. The Morgan fingerprint density at radius 1 is 1.56 bits per heavy atom. The van der Waals surface area contributed by atoms with Crippen LogP contribution in [0.4, 0.5) is 0 Å². The second-order valence-electron chi connectivity index (χ2n) is 4.37. The molecule has 0 saturated carbocycles. The highest BCUT2D eigenvalue weighted by atomic mass is 16.5. The van der Waals surface area contributed by atoms with Gasteiger partial charge in [-0.05, 0) is 18.9 Å². The fourth-order valence-corrected chi connectivity index (χ4v) is 2.12. The van der Waals surface area contributed by atoms with Gasteiger partial charge in [-0.2, -0.15) is 4.98 Å². The van der Waals surface area contributed by atoms with Crippen molar-refractivity contribution >= 4 is 0 Å². The first-order valence-corrected chi connectivity index (χ1v) is 5.83. The van der Waals surface area contributed by atoms with Crippen LogP contribution >= 0.6 is 0 Å². The van der Waals surface area contributed by atoms with E-state index in [1.807, 2.05) is 6.92 Å². The van der Waals surface area contributed by atoms with Gasteiger partial charge in [0.1, 0.15) is 6.10 Å². The smallest absolute Gasteiger partial charge is 0.231 e. The Bertz CT molecular complexity index is 336. The van der Waals surface area contributed by atoms with Crippen molar-refractivity contribution in [1.29, 1.82) is 0 Å². The van der Waals surface area contributed by atoms with E-state index in [4.69, 9.17) is 9.26 Å². The number of nitrogens with zero attached hydrogens (tertiary/aromatic N) is 2. The highest BCUT2D eigenvalue weighted by molar-refractivity contribution is 5.02. The number of rotatable bonds is 4. The van der Waals surface area contributed by atoms with Crippen molar-refractivity contribution in [1.82, 2.24) is 15.5 Å². The lowest BCUT2D eigenvalue weighted by Gasteiger charge is -2.08. The van der Waals surface area contributed by atoms with E-state index in [2.05, 4.69) is 22.4 Å². The van der Waals surface area contributed by atoms with Crippen molar-refractivity contribution in [2.75, 3.05) is 20.2 Å². The standard InChI is InChI=1S/C11H19N3O2/c1-4-9(15-3)10-13-11(16-14-10)8-6-12-5-7(8)2/h7-9,12H,4-6H2,1-3H3/t7-,8-,9?/m1/s1. The molecule has 2 heterocycles. The average Bonchev–Trinajstić information content (AvgIpc) is 2.89. The molecule has 1 unspecified atom stereocenters. The molecule has 3 atom stereocenters. The summed E-state index contributed by atoms with van der Waals surface area (Å²) in [6.07, 6.45) is 0.802. The lowest BCUT2D eigenvalue weighted by molar-refractivity contribution is 0.0903. The van der Waals surface area contributed by atoms with Crippen LogP contribution in [0, 0.1) is 5.92 Å². The monoisotopic (exact) mass is 225 g/mol. The van der Waals surface area contributed by atoms with Crippen LogP contribution in [-0.4, -0.2) is 30.3 Å². The number of methoxy groups -OCH3 is 1. The maximum Gasteiger partial charge on any atom is 0.231 e. The van der Waals surface area contributed by atoms with Crippen LogP contribution in [0.15, 0.2) is 4.52 Å². The summed E-state index contributed by atoms with van der Waals surface area (Å²) < 4.78 is 10.6. The van der Waals surface area contributed by atoms with Crippen LogP contribution in [-0.2, 0) is 4.74 Å². The Morgan fingerprint density at radius 3 is 2.94 bits per heavy atom. The normalized spacial score (nSPS) is 27.2. The van der Waals surface area contributed by atoms with Gasteiger partial charge in [-0.3, -0.25) is 0 Å². The Morgan fingerprint density at radius 2 is 2.38 bits per heavy atom. The molecule has 1 aliphatic heterocycles. The quantitative estimate of drug-likeness (QED) is 0.841. The summed E-state index contributed by atoms with van der Waals surface area (Å²) in [6.45, 7) is 6.18. The predicted octanol–water partition coefficient (Wildman–Crippen LogP) is 1.49. The minimum absolute atomic E-state index is 0.0535. The van der Waals surface area contributed by atoms with Crippen molar-refractivity contribution in [2.24, 2.45) is 5.92 Å². The molecule has 1 aromatic heterocycles. The van der Waals surface area contributed by atoms with E-state index in [9.17, 15) is 0 Å². The fraction of sp³-hybridized carbons (Fsp3) is 0.818. The van der Waals surface area contributed by atoms with E-state index < -0.39 is 0 Å². The molecule has 1 aliphatic rings. The molecular weight excluding hydrogens is 206 g/mol. The van der Waals surface area contributed by atoms with Crippen LogP contribution in [0.25, 0.3) is 0 Å². The molecule has 5 heteroatoms. The first kappa shape index (κ1) is 11.5. The zero-order valence-electron chi connectivity index (χ0n) is 10.1. The number of ether oxygens (including phenoxy) is 1. The van der Waals surface area contributed by atoms with Gasteiger partial charge in [0.15, 0.2) is 0 Å². The van der Waals surface area contributed by atoms with Gasteiger partial charge in [-0.1, -0.05) is 19.0 Å². The van der Waals surface area contributed by atoms with Crippen LogP contribution < -0.4 is 5.32 Å². The lowest BCUT2D eigenvalue weighted by atomic mass is 9.98. The average molecular weight is 225 g/mol. The molecule has 16 heavy (non-hydrogen) atoms. The predicted molar refractivity (Wildman–Crippen MR) is 59.1 cm³/mol. The summed E-state index contributed by atoms with van der Waals surface area (Å²) in [5.41, 5.74) is 0. The summed E-state index contributed by atoms with van der Waals surface area (Å²) in [5, 5.41) is 7.33. The van der Waals surface area contributed by atoms with Gasteiger partial charge < -0.3 is 14.6 Å². The van der Waals surface area contributed by atoms with Gasteiger partial charge in [0.05, 0.1) is 5.92 Å². The number of hydrogen-bond acceptors (Lipinski definition) is 5.